The molecule has 1 saturated heterocycles. The van der Waals surface area contributed by atoms with E-state index in [0.29, 0.717) is 6.54 Å². The Balaban J connectivity index is 1.27. The molecule has 2 N–H and O–H groups in total. The van der Waals surface area contributed by atoms with Gasteiger partial charge in [0.1, 0.15) is 0 Å². The number of carbonyl (C=O) groups excluding carboxylic acids is 3. The van der Waals surface area contributed by atoms with Gasteiger partial charge in [-0.3, -0.25) is 14.4 Å². The van der Waals surface area contributed by atoms with Gasteiger partial charge in [-0.15, -0.1) is 0 Å². The molecule has 2 bridgehead atoms. The fourth-order valence-electron chi connectivity index (χ4n) is 6.69. The molecule has 182 valence electrons. The zero-order valence-electron chi connectivity index (χ0n) is 20.0. The van der Waals surface area contributed by atoms with Gasteiger partial charge in [-0.05, 0) is 28.3 Å². The van der Waals surface area contributed by atoms with Crippen molar-refractivity contribution in [3.8, 4) is 0 Å². The van der Waals surface area contributed by atoms with Crippen LogP contribution in [0.15, 0.2) is 84.1 Å². The summed E-state index contributed by atoms with van der Waals surface area (Å²) < 4.78 is 1.95. The number of fused-ring (bicyclic) bond motifs is 1. The standard InChI is InChI=1S/C30H24N4O3/c31-24(35)13-14-33-16-17(18-7-5-6-12-23(18)33)15-32-34-29(36)27-25-19-8-1-2-9-20(19)26(28(27)30(34)37)22-11-4-3-10-21(22)25/h1-12,15-16,25-28H,13-14H2,(H2,31,35). The summed E-state index contributed by atoms with van der Waals surface area (Å²) in [5, 5.41) is 6.47. The largest absolute Gasteiger partial charge is 0.370 e. The lowest BCUT2D eigenvalue weighted by molar-refractivity contribution is -0.140. The molecule has 0 saturated carbocycles. The van der Waals surface area contributed by atoms with Gasteiger partial charge in [-0.2, -0.15) is 10.1 Å². The van der Waals surface area contributed by atoms with Crippen LogP contribution in [0.25, 0.3) is 10.9 Å². The molecule has 7 nitrogen and oxygen atoms in total. The van der Waals surface area contributed by atoms with E-state index in [0.717, 1.165) is 43.7 Å². The second kappa shape index (κ2) is 8.00. The predicted octanol–water partition coefficient (Wildman–Crippen LogP) is 3.74. The van der Waals surface area contributed by atoms with Crippen LogP contribution >= 0.6 is 0 Å². The lowest BCUT2D eigenvalue weighted by Crippen LogP contribution is -2.41. The Morgan fingerprint density at radius 3 is 1.86 bits per heavy atom. The molecule has 3 amide bonds. The Morgan fingerprint density at radius 2 is 1.32 bits per heavy atom. The molecule has 8 rings (SSSR count). The number of benzene rings is 3. The average molecular weight is 489 g/mol. The molecule has 3 aliphatic carbocycles. The average Bonchev–Trinajstić information content (AvgIpc) is 3.40. The number of amides is 3. The van der Waals surface area contributed by atoms with E-state index in [-0.39, 0.29) is 36.0 Å². The predicted molar refractivity (Wildman–Crippen MR) is 139 cm³/mol. The van der Waals surface area contributed by atoms with E-state index in [1.165, 1.54) is 0 Å². The van der Waals surface area contributed by atoms with Crippen molar-refractivity contribution in [1.82, 2.24) is 9.58 Å². The van der Waals surface area contributed by atoms with Crippen molar-refractivity contribution in [2.24, 2.45) is 22.7 Å². The third kappa shape index (κ3) is 3.06. The van der Waals surface area contributed by atoms with Crippen molar-refractivity contribution >= 4 is 34.8 Å². The summed E-state index contributed by atoms with van der Waals surface area (Å²) in [6, 6.07) is 24.1. The van der Waals surface area contributed by atoms with Gasteiger partial charge in [0, 0.05) is 47.5 Å². The van der Waals surface area contributed by atoms with E-state index in [9.17, 15) is 14.4 Å². The van der Waals surface area contributed by atoms with Gasteiger partial charge in [0.2, 0.25) is 5.91 Å². The number of hydrogen-bond acceptors (Lipinski definition) is 4. The first-order chi connectivity index (χ1) is 18.0. The smallest absolute Gasteiger partial charge is 0.254 e. The highest BCUT2D eigenvalue weighted by Gasteiger charge is 2.61. The van der Waals surface area contributed by atoms with Crippen LogP contribution < -0.4 is 5.73 Å². The van der Waals surface area contributed by atoms with Gasteiger partial charge in [0.05, 0.1) is 18.1 Å². The molecule has 1 aliphatic heterocycles. The molecular formula is C30H24N4O3. The van der Waals surface area contributed by atoms with Crippen molar-refractivity contribution in [3.05, 3.63) is 107 Å². The Morgan fingerprint density at radius 1 is 0.811 bits per heavy atom. The van der Waals surface area contributed by atoms with Crippen molar-refractivity contribution in [3.63, 3.8) is 0 Å². The second-order valence-corrected chi connectivity index (χ2v) is 10.0. The van der Waals surface area contributed by atoms with Crippen LogP contribution in [0.2, 0.25) is 0 Å². The first-order valence-corrected chi connectivity index (χ1v) is 12.5. The number of para-hydroxylation sites is 1. The van der Waals surface area contributed by atoms with Crippen LogP contribution in [-0.2, 0) is 20.9 Å². The minimum absolute atomic E-state index is 0.158. The highest BCUT2D eigenvalue weighted by molar-refractivity contribution is 6.09. The van der Waals surface area contributed by atoms with E-state index in [2.05, 4.69) is 29.4 Å². The number of hydrazone groups is 1. The van der Waals surface area contributed by atoms with E-state index in [1.807, 2.05) is 59.3 Å². The van der Waals surface area contributed by atoms with Crippen molar-refractivity contribution in [2.45, 2.75) is 24.8 Å². The van der Waals surface area contributed by atoms with Gasteiger partial charge in [-0.1, -0.05) is 66.7 Å². The maximum atomic E-state index is 13.8. The van der Waals surface area contributed by atoms with E-state index in [4.69, 9.17) is 5.73 Å². The molecule has 2 heterocycles. The molecule has 1 aromatic heterocycles. The fraction of sp³-hybridized carbons (Fsp3) is 0.200. The third-order valence-electron chi connectivity index (χ3n) is 8.16. The molecule has 2 unspecified atom stereocenters. The fourth-order valence-corrected chi connectivity index (χ4v) is 6.69. The number of nitrogens with two attached hydrogens (primary N) is 1. The summed E-state index contributed by atoms with van der Waals surface area (Å²) in [6.45, 7) is 0.440. The minimum Gasteiger partial charge on any atom is -0.370 e. The summed E-state index contributed by atoms with van der Waals surface area (Å²) in [6.07, 6.45) is 3.68. The zero-order chi connectivity index (χ0) is 25.3. The van der Waals surface area contributed by atoms with Crippen LogP contribution in [0.1, 0.15) is 46.1 Å². The van der Waals surface area contributed by atoms with Crippen LogP contribution in [0.5, 0.6) is 0 Å². The molecule has 1 fully saturated rings. The molecule has 0 spiro atoms. The summed E-state index contributed by atoms with van der Waals surface area (Å²) in [7, 11) is 0. The number of primary amides is 1. The number of carbonyl (C=O) groups is 3. The van der Waals surface area contributed by atoms with Crippen molar-refractivity contribution in [1.29, 1.82) is 0 Å². The summed E-state index contributed by atoms with van der Waals surface area (Å²) in [4.78, 5) is 38.9. The lowest BCUT2D eigenvalue weighted by atomic mass is 9.55. The first-order valence-electron chi connectivity index (χ1n) is 12.5. The van der Waals surface area contributed by atoms with Gasteiger partial charge in [-0.25, -0.2) is 0 Å². The lowest BCUT2D eigenvalue weighted by Gasteiger charge is -2.45. The maximum Gasteiger partial charge on any atom is 0.254 e. The number of aromatic nitrogens is 1. The number of nitrogens with zero attached hydrogens (tertiary/aromatic N) is 3. The monoisotopic (exact) mass is 488 g/mol. The minimum atomic E-state index is -0.462. The Hall–Kier alpha value is -4.52. The zero-order valence-corrected chi connectivity index (χ0v) is 20.0. The Kier molecular flexibility index (Phi) is 4.70. The quantitative estimate of drug-likeness (QED) is 0.342. The molecule has 0 radical (unpaired) electrons. The number of hydrogen-bond donors (Lipinski definition) is 1. The molecule has 4 aromatic rings. The highest BCUT2D eigenvalue weighted by Crippen LogP contribution is 2.60. The summed E-state index contributed by atoms with van der Waals surface area (Å²) in [5.41, 5.74) is 11.6. The number of aryl methyl sites for hydroxylation is 1. The summed E-state index contributed by atoms with van der Waals surface area (Å²) in [5.74, 6) is -2.11. The van der Waals surface area contributed by atoms with E-state index < -0.39 is 11.8 Å². The van der Waals surface area contributed by atoms with Crippen LogP contribution in [-0.4, -0.2) is 33.5 Å². The topological polar surface area (TPSA) is 97.8 Å². The number of imide groups is 1. The van der Waals surface area contributed by atoms with E-state index in [1.54, 1.807) is 6.21 Å². The number of rotatable bonds is 5. The van der Waals surface area contributed by atoms with Crippen LogP contribution in [0.3, 0.4) is 0 Å². The SMILES string of the molecule is NC(=O)CCn1cc(C=NN2C(=O)C3C4c5ccccc5C(c5ccccc54)C3C2=O)c2ccccc21. The molecule has 3 aromatic carbocycles. The Labute approximate surface area is 213 Å². The highest BCUT2D eigenvalue weighted by atomic mass is 16.2. The molecule has 37 heavy (non-hydrogen) atoms. The van der Waals surface area contributed by atoms with Crippen LogP contribution in [0.4, 0.5) is 0 Å². The van der Waals surface area contributed by atoms with Gasteiger partial charge >= 0.3 is 0 Å². The van der Waals surface area contributed by atoms with Crippen molar-refractivity contribution in [2.75, 3.05) is 0 Å². The van der Waals surface area contributed by atoms with Gasteiger partial charge < -0.3 is 10.3 Å². The van der Waals surface area contributed by atoms with Crippen molar-refractivity contribution < 1.29 is 14.4 Å². The van der Waals surface area contributed by atoms with E-state index >= 15 is 0 Å². The van der Waals surface area contributed by atoms with Gasteiger partial charge in [0.15, 0.2) is 0 Å². The first kappa shape index (κ1) is 21.7. The molecule has 7 heteroatoms. The molecule has 4 aliphatic rings. The van der Waals surface area contributed by atoms with Gasteiger partial charge in [0.25, 0.3) is 11.8 Å². The summed E-state index contributed by atoms with van der Waals surface area (Å²) >= 11 is 0. The molecular weight excluding hydrogens is 464 g/mol. The molecule has 2 atom stereocenters. The maximum absolute atomic E-state index is 13.8. The second-order valence-electron chi connectivity index (χ2n) is 10.0. The Bertz CT molecular complexity index is 1540. The normalized spacial score (nSPS) is 23.5. The third-order valence-corrected chi connectivity index (χ3v) is 8.16. The van der Waals surface area contributed by atoms with Crippen LogP contribution in [0, 0.1) is 11.8 Å².